The van der Waals surface area contributed by atoms with Crippen LogP contribution in [0.3, 0.4) is 0 Å². The van der Waals surface area contributed by atoms with Gasteiger partial charge < -0.3 is 14.9 Å². The van der Waals surface area contributed by atoms with E-state index in [0.29, 0.717) is 5.69 Å². The first-order valence-electron chi connectivity index (χ1n) is 8.42. The second-order valence-corrected chi connectivity index (χ2v) is 6.25. The highest BCUT2D eigenvalue weighted by Crippen LogP contribution is 2.17. The van der Waals surface area contributed by atoms with Crippen molar-refractivity contribution in [3.8, 4) is 5.69 Å². The molecule has 0 radical (unpaired) electrons. The third-order valence-corrected chi connectivity index (χ3v) is 4.36. The van der Waals surface area contributed by atoms with Crippen LogP contribution in [0.5, 0.6) is 0 Å². The minimum Gasteiger partial charge on any atom is -0.344 e. The van der Waals surface area contributed by atoms with E-state index in [0.717, 1.165) is 4.57 Å². The highest BCUT2D eigenvalue weighted by molar-refractivity contribution is 6.11. The lowest BCUT2D eigenvalue weighted by molar-refractivity contribution is 0.102. The number of hydrogen-bond donors (Lipinski definition) is 2. The molecule has 0 bridgehead atoms. The summed E-state index contributed by atoms with van der Waals surface area (Å²) in [4.78, 5) is 40.8. The molecular formula is C20H15FN4O3. The highest BCUT2D eigenvalue weighted by Gasteiger charge is 2.20. The van der Waals surface area contributed by atoms with Crippen molar-refractivity contribution in [1.82, 2.24) is 14.1 Å². The maximum Gasteiger partial charge on any atom is 0.333 e. The third-order valence-electron chi connectivity index (χ3n) is 4.36. The molecule has 2 aromatic carbocycles. The van der Waals surface area contributed by atoms with Gasteiger partial charge in [0.15, 0.2) is 0 Å². The quantitative estimate of drug-likeness (QED) is 0.574. The minimum absolute atomic E-state index is 0.108. The average molecular weight is 378 g/mol. The van der Waals surface area contributed by atoms with Crippen molar-refractivity contribution >= 4 is 22.6 Å². The summed E-state index contributed by atoms with van der Waals surface area (Å²) in [5.74, 6) is -1.06. The Hall–Kier alpha value is -3.94. The Kier molecular flexibility index (Phi) is 4.15. The largest absolute Gasteiger partial charge is 0.344 e. The van der Waals surface area contributed by atoms with Crippen molar-refractivity contribution in [3.63, 3.8) is 0 Å². The Balaban J connectivity index is 1.85. The van der Waals surface area contributed by atoms with Gasteiger partial charge in [0.1, 0.15) is 11.3 Å². The van der Waals surface area contributed by atoms with E-state index in [-0.39, 0.29) is 22.3 Å². The lowest BCUT2D eigenvalue weighted by Gasteiger charge is -2.06. The molecule has 8 heteroatoms. The van der Waals surface area contributed by atoms with Gasteiger partial charge in [0.25, 0.3) is 11.5 Å². The van der Waals surface area contributed by atoms with Gasteiger partial charge in [-0.2, -0.15) is 0 Å². The van der Waals surface area contributed by atoms with Crippen molar-refractivity contribution in [3.05, 3.63) is 93.0 Å². The molecule has 0 aliphatic carbocycles. The summed E-state index contributed by atoms with van der Waals surface area (Å²) >= 11 is 0. The van der Waals surface area contributed by atoms with Gasteiger partial charge in [0, 0.05) is 18.9 Å². The number of benzene rings is 2. The molecule has 0 atom stereocenters. The molecule has 4 rings (SSSR count). The fraction of sp³-hybridized carbons (Fsp3) is 0.0500. The van der Waals surface area contributed by atoms with E-state index in [1.54, 1.807) is 37.4 Å². The molecule has 2 aromatic heterocycles. The molecule has 140 valence electrons. The molecule has 2 heterocycles. The first-order valence-corrected chi connectivity index (χ1v) is 8.42. The molecule has 0 fully saturated rings. The predicted molar refractivity (Wildman–Crippen MR) is 103 cm³/mol. The molecule has 0 saturated heterocycles. The summed E-state index contributed by atoms with van der Waals surface area (Å²) in [7, 11) is 1.61. The van der Waals surface area contributed by atoms with Gasteiger partial charge in [0.2, 0.25) is 0 Å². The first kappa shape index (κ1) is 17.5. The summed E-state index contributed by atoms with van der Waals surface area (Å²) in [5.41, 5.74) is -0.112. The zero-order valence-corrected chi connectivity index (χ0v) is 14.8. The number of H-pyrrole nitrogens is 1. The summed E-state index contributed by atoms with van der Waals surface area (Å²) in [6, 6.07) is 13.9. The van der Waals surface area contributed by atoms with Gasteiger partial charge in [-0.15, -0.1) is 0 Å². The fourth-order valence-corrected chi connectivity index (χ4v) is 3.12. The van der Waals surface area contributed by atoms with Gasteiger partial charge in [-0.3, -0.25) is 9.59 Å². The average Bonchev–Trinajstić information content (AvgIpc) is 2.99. The maximum atomic E-state index is 13.3. The van der Waals surface area contributed by atoms with Crippen molar-refractivity contribution < 1.29 is 9.18 Å². The lowest BCUT2D eigenvalue weighted by atomic mass is 10.2. The number of aromatic nitrogens is 3. The Labute approximate surface area is 157 Å². The van der Waals surface area contributed by atoms with Gasteiger partial charge >= 0.3 is 5.69 Å². The summed E-state index contributed by atoms with van der Waals surface area (Å²) in [5, 5.41) is 2.57. The maximum absolute atomic E-state index is 13.3. The first-order chi connectivity index (χ1) is 13.5. The predicted octanol–water partition coefficient (Wildman–Crippen LogP) is 2.41. The number of aromatic amines is 1. The molecule has 4 aromatic rings. The number of hydrogen-bond acceptors (Lipinski definition) is 3. The van der Waals surface area contributed by atoms with Crippen LogP contribution < -0.4 is 16.6 Å². The molecular weight excluding hydrogens is 363 g/mol. The summed E-state index contributed by atoms with van der Waals surface area (Å²) in [6.45, 7) is 0. The van der Waals surface area contributed by atoms with Crippen LogP contribution in [0.2, 0.25) is 0 Å². The van der Waals surface area contributed by atoms with Crippen LogP contribution in [-0.2, 0) is 7.05 Å². The van der Waals surface area contributed by atoms with E-state index in [1.165, 1.54) is 35.0 Å². The van der Waals surface area contributed by atoms with Crippen LogP contribution in [0.4, 0.5) is 10.1 Å². The minimum atomic E-state index is -0.658. The molecule has 0 saturated carbocycles. The van der Waals surface area contributed by atoms with Crippen molar-refractivity contribution in [2.45, 2.75) is 0 Å². The van der Waals surface area contributed by atoms with Gasteiger partial charge in [-0.05, 0) is 30.3 Å². The topological polar surface area (TPSA) is 88.9 Å². The van der Waals surface area contributed by atoms with Crippen LogP contribution in [0.25, 0.3) is 16.7 Å². The number of aryl methyl sites for hydroxylation is 1. The van der Waals surface area contributed by atoms with Crippen LogP contribution in [0.15, 0.2) is 70.4 Å². The number of fused-ring (bicyclic) bond motifs is 1. The number of anilines is 1. The SMILES string of the molecule is Cn1cc(C(=O)Nc2cccc(F)c2)c2[nH]c(=O)n(-c3ccccc3)c(=O)c21. The Bertz CT molecular complexity index is 1320. The summed E-state index contributed by atoms with van der Waals surface area (Å²) in [6.07, 6.45) is 1.45. The Morgan fingerprint density at radius 2 is 1.82 bits per heavy atom. The number of carbonyl (C=O) groups is 1. The van der Waals surface area contributed by atoms with Gasteiger partial charge in [-0.1, -0.05) is 24.3 Å². The number of carbonyl (C=O) groups excluding carboxylic acids is 1. The van der Waals surface area contributed by atoms with E-state index in [4.69, 9.17) is 0 Å². The van der Waals surface area contributed by atoms with E-state index in [2.05, 4.69) is 10.3 Å². The zero-order valence-electron chi connectivity index (χ0n) is 14.8. The monoisotopic (exact) mass is 378 g/mol. The normalized spacial score (nSPS) is 10.9. The van der Waals surface area contributed by atoms with Crippen LogP contribution in [0, 0.1) is 5.82 Å². The second-order valence-electron chi connectivity index (χ2n) is 6.25. The number of rotatable bonds is 3. The molecule has 0 aliphatic heterocycles. The van der Waals surface area contributed by atoms with E-state index in [9.17, 15) is 18.8 Å². The van der Waals surface area contributed by atoms with E-state index in [1.807, 2.05) is 0 Å². The summed E-state index contributed by atoms with van der Waals surface area (Å²) < 4.78 is 15.8. The number of nitrogens with zero attached hydrogens (tertiary/aromatic N) is 2. The second kappa shape index (κ2) is 6.66. The van der Waals surface area contributed by atoms with Gasteiger partial charge in [0.05, 0.1) is 16.8 Å². The number of amides is 1. The molecule has 1 amide bonds. The molecule has 0 aliphatic rings. The van der Waals surface area contributed by atoms with E-state index >= 15 is 0 Å². The zero-order chi connectivity index (χ0) is 19.8. The van der Waals surface area contributed by atoms with Crippen molar-refractivity contribution in [2.75, 3.05) is 5.32 Å². The number of para-hydroxylation sites is 1. The smallest absolute Gasteiger partial charge is 0.333 e. The van der Waals surface area contributed by atoms with Gasteiger partial charge in [-0.25, -0.2) is 13.8 Å². The molecule has 0 spiro atoms. The third kappa shape index (κ3) is 2.90. The van der Waals surface area contributed by atoms with Crippen LogP contribution >= 0.6 is 0 Å². The fourth-order valence-electron chi connectivity index (χ4n) is 3.12. The molecule has 7 nitrogen and oxygen atoms in total. The molecule has 28 heavy (non-hydrogen) atoms. The highest BCUT2D eigenvalue weighted by atomic mass is 19.1. The van der Waals surface area contributed by atoms with Crippen molar-refractivity contribution in [1.29, 1.82) is 0 Å². The molecule has 0 unspecified atom stereocenters. The van der Waals surface area contributed by atoms with E-state index < -0.39 is 23.0 Å². The standard InChI is InChI=1S/C20H15FN4O3/c1-24-11-15(18(26)22-13-7-5-6-12(21)10-13)16-17(24)19(27)25(20(28)23-16)14-8-3-2-4-9-14/h2-11H,1H3,(H,22,26)(H,23,28). The Morgan fingerprint density at radius 1 is 1.07 bits per heavy atom. The Morgan fingerprint density at radius 3 is 2.54 bits per heavy atom. The number of halogens is 1. The lowest BCUT2D eigenvalue weighted by Crippen LogP contribution is -2.34. The number of nitrogens with one attached hydrogen (secondary N) is 2. The molecule has 2 N–H and O–H groups in total. The van der Waals surface area contributed by atoms with Crippen molar-refractivity contribution in [2.24, 2.45) is 7.05 Å². The van der Waals surface area contributed by atoms with Crippen LogP contribution in [0.1, 0.15) is 10.4 Å². The van der Waals surface area contributed by atoms with Crippen LogP contribution in [-0.4, -0.2) is 20.0 Å².